The van der Waals surface area contributed by atoms with E-state index >= 15 is 0 Å². The highest BCUT2D eigenvalue weighted by atomic mass is 16.6. The summed E-state index contributed by atoms with van der Waals surface area (Å²) in [5, 5.41) is 0. The molecule has 0 spiro atoms. The van der Waals surface area contributed by atoms with Crippen LogP contribution in [-0.4, -0.2) is 37.2 Å². The van der Waals surface area contributed by atoms with E-state index < -0.39 is 6.10 Å². The molecule has 0 rings (SSSR count). The van der Waals surface area contributed by atoms with Crippen molar-refractivity contribution in [1.29, 1.82) is 0 Å². The van der Waals surface area contributed by atoms with Crippen molar-refractivity contribution in [2.45, 2.75) is 399 Å². The second kappa shape index (κ2) is 68.1. The Morgan fingerprint density at radius 2 is 0.456 bits per heavy atom. The summed E-state index contributed by atoms with van der Waals surface area (Å²) >= 11 is 0. The fraction of sp³-hybridized carbons (Fsp3) is 0.877. The number of unbranched alkanes of at least 4 members (excludes halogenated alkanes) is 49. The van der Waals surface area contributed by atoms with Gasteiger partial charge in [-0.2, -0.15) is 0 Å². The fourth-order valence-corrected chi connectivity index (χ4v) is 10.8. The van der Waals surface area contributed by atoms with Gasteiger partial charge in [-0.3, -0.25) is 14.4 Å². The first-order valence-corrected chi connectivity index (χ1v) is 35.5. The van der Waals surface area contributed by atoms with E-state index in [0.29, 0.717) is 19.3 Å². The quantitative estimate of drug-likeness (QED) is 0.0261. The van der Waals surface area contributed by atoms with Gasteiger partial charge in [0.05, 0.1) is 0 Å². The van der Waals surface area contributed by atoms with Crippen molar-refractivity contribution < 1.29 is 28.6 Å². The number of esters is 3. The number of hydrogen-bond acceptors (Lipinski definition) is 6. The minimum absolute atomic E-state index is 0.0718. The SMILES string of the molecule is CCCCCCC/C=C\C/C=C\CCCCCCCCCCCC(=O)OC(COC(=O)CCCCCCC/C=C\CCCCCCCC)COC(=O)CCCCCCCCCCCCCCCCCCCCCCCCCCC. The molecule has 0 amide bonds. The van der Waals surface area contributed by atoms with Gasteiger partial charge in [0.2, 0.25) is 0 Å². The Bertz CT molecular complexity index is 1320. The molecule has 464 valence electrons. The van der Waals surface area contributed by atoms with Crippen molar-refractivity contribution in [3.63, 3.8) is 0 Å². The highest BCUT2D eigenvalue weighted by Crippen LogP contribution is 2.18. The van der Waals surface area contributed by atoms with E-state index in [1.807, 2.05) is 0 Å². The second-order valence-corrected chi connectivity index (χ2v) is 24.1. The highest BCUT2D eigenvalue weighted by molar-refractivity contribution is 5.71. The maximum atomic E-state index is 13.0. The second-order valence-electron chi connectivity index (χ2n) is 24.1. The maximum absolute atomic E-state index is 13.0. The third-order valence-electron chi connectivity index (χ3n) is 16.1. The lowest BCUT2D eigenvalue weighted by Crippen LogP contribution is -2.30. The summed E-state index contributed by atoms with van der Waals surface area (Å²) in [5.74, 6) is -0.856. The molecule has 0 aromatic rings. The molecule has 0 aromatic heterocycles. The van der Waals surface area contributed by atoms with Gasteiger partial charge in [0.25, 0.3) is 0 Å². The Morgan fingerprint density at radius 3 is 0.709 bits per heavy atom. The van der Waals surface area contributed by atoms with E-state index in [1.54, 1.807) is 0 Å². The van der Waals surface area contributed by atoms with Gasteiger partial charge in [0.15, 0.2) is 6.10 Å². The number of hydrogen-bond donors (Lipinski definition) is 0. The molecule has 0 aliphatic rings. The van der Waals surface area contributed by atoms with Crippen LogP contribution in [0, 0.1) is 0 Å². The van der Waals surface area contributed by atoms with Crippen LogP contribution in [0.4, 0.5) is 0 Å². The molecular formula is C73H136O6. The molecule has 0 aliphatic carbocycles. The molecule has 0 radical (unpaired) electrons. The van der Waals surface area contributed by atoms with Crippen LogP contribution in [0.25, 0.3) is 0 Å². The van der Waals surface area contributed by atoms with Crippen LogP contribution in [0.15, 0.2) is 36.5 Å². The Hall–Kier alpha value is -2.37. The Morgan fingerprint density at radius 1 is 0.253 bits per heavy atom. The lowest BCUT2D eigenvalue weighted by molar-refractivity contribution is -0.167. The lowest BCUT2D eigenvalue weighted by Gasteiger charge is -2.18. The first kappa shape index (κ1) is 76.6. The molecule has 0 heterocycles. The fourth-order valence-electron chi connectivity index (χ4n) is 10.8. The molecule has 1 atom stereocenters. The van der Waals surface area contributed by atoms with Gasteiger partial charge in [0, 0.05) is 19.3 Å². The lowest BCUT2D eigenvalue weighted by atomic mass is 10.0. The molecule has 79 heavy (non-hydrogen) atoms. The Kier molecular flexibility index (Phi) is 66.1. The van der Waals surface area contributed by atoms with Gasteiger partial charge < -0.3 is 14.2 Å². The third kappa shape index (κ3) is 66.3. The van der Waals surface area contributed by atoms with Gasteiger partial charge >= 0.3 is 17.9 Å². The Balaban J connectivity index is 4.27. The van der Waals surface area contributed by atoms with E-state index in [-0.39, 0.29) is 31.1 Å². The summed E-state index contributed by atoms with van der Waals surface area (Å²) < 4.78 is 17.0. The monoisotopic (exact) mass is 1110 g/mol. The van der Waals surface area contributed by atoms with Crippen LogP contribution in [-0.2, 0) is 28.6 Å². The molecule has 0 aliphatic heterocycles. The summed E-state index contributed by atoms with van der Waals surface area (Å²) in [6.07, 6.45) is 84.6. The predicted octanol–water partition coefficient (Wildman–Crippen LogP) is 24.3. The molecule has 0 aromatic carbocycles. The minimum atomic E-state index is -0.777. The molecule has 0 saturated carbocycles. The average molecular weight is 1110 g/mol. The van der Waals surface area contributed by atoms with Crippen molar-refractivity contribution in [1.82, 2.24) is 0 Å². The predicted molar refractivity (Wildman–Crippen MR) is 344 cm³/mol. The Labute approximate surface area is 493 Å². The molecule has 6 heteroatoms. The van der Waals surface area contributed by atoms with Crippen molar-refractivity contribution in [3.05, 3.63) is 36.5 Å². The minimum Gasteiger partial charge on any atom is -0.462 e. The van der Waals surface area contributed by atoms with Crippen LogP contribution >= 0.6 is 0 Å². The maximum Gasteiger partial charge on any atom is 0.306 e. The number of carbonyl (C=O) groups excluding carboxylic acids is 3. The van der Waals surface area contributed by atoms with Gasteiger partial charge in [0.1, 0.15) is 13.2 Å². The zero-order valence-electron chi connectivity index (χ0n) is 53.4. The van der Waals surface area contributed by atoms with Crippen molar-refractivity contribution in [2.24, 2.45) is 0 Å². The first-order valence-electron chi connectivity index (χ1n) is 35.5. The standard InChI is InChI=1S/C73H136O6/c1-4-7-10-13-16-19-22-25-28-30-32-34-35-36-37-39-40-42-45-48-51-54-57-60-63-66-72(75)78-69-70(68-77-71(74)65-62-59-56-53-50-47-44-27-24-21-18-15-12-9-6-3)79-73(76)67-64-61-58-55-52-49-46-43-41-38-33-31-29-26-23-20-17-14-11-8-5-2/h23,26-27,31,33,44,70H,4-22,24-25,28-30,32,34-43,45-69H2,1-3H3/b26-23-,33-31-,44-27-. The van der Waals surface area contributed by atoms with Crippen LogP contribution in [0.5, 0.6) is 0 Å². The highest BCUT2D eigenvalue weighted by Gasteiger charge is 2.19. The zero-order chi connectivity index (χ0) is 57.1. The van der Waals surface area contributed by atoms with E-state index in [2.05, 4.69) is 57.2 Å². The van der Waals surface area contributed by atoms with E-state index in [1.165, 1.54) is 283 Å². The summed E-state index contributed by atoms with van der Waals surface area (Å²) in [7, 11) is 0. The smallest absolute Gasteiger partial charge is 0.306 e. The summed E-state index contributed by atoms with van der Waals surface area (Å²) in [6.45, 7) is 6.69. The number of rotatable bonds is 66. The van der Waals surface area contributed by atoms with Crippen LogP contribution in [0.2, 0.25) is 0 Å². The molecule has 6 nitrogen and oxygen atoms in total. The number of allylic oxidation sites excluding steroid dienone is 6. The van der Waals surface area contributed by atoms with Crippen LogP contribution in [0.3, 0.4) is 0 Å². The van der Waals surface area contributed by atoms with Gasteiger partial charge in [-0.1, -0.05) is 333 Å². The van der Waals surface area contributed by atoms with E-state index in [9.17, 15) is 14.4 Å². The van der Waals surface area contributed by atoms with Gasteiger partial charge in [-0.25, -0.2) is 0 Å². The topological polar surface area (TPSA) is 78.9 Å². The van der Waals surface area contributed by atoms with E-state index in [0.717, 1.165) is 70.6 Å². The summed E-state index contributed by atoms with van der Waals surface area (Å²) in [6, 6.07) is 0. The van der Waals surface area contributed by atoms with Gasteiger partial charge in [-0.15, -0.1) is 0 Å². The van der Waals surface area contributed by atoms with Crippen LogP contribution in [0.1, 0.15) is 393 Å². The van der Waals surface area contributed by atoms with Gasteiger partial charge in [-0.05, 0) is 77.0 Å². The van der Waals surface area contributed by atoms with Crippen molar-refractivity contribution >= 4 is 17.9 Å². The average Bonchev–Trinajstić information content (AvgIpc) is 3.45. The summed E-state index contributed by atoms with van der Waals surface area (Å²) in [5.41, 5.74) is 0. The molecule has 0 saturated heterocycles. The molecule has 0 bridgehead atoms. The first-order chi connectivity index (χ1) is 39.0. The van der Waals surface area contributed by atoms with Crippen LogP contribution < -0.4 is 0 Å². The van der Waals surface area contributed by atoms with Crippen molar-refractivity contribution in [3.8, 4) is 0 Å². The number of ether oxygens (including phenoxy) is 3. The molecule has 1 unspecified atom stereocenters. The largest absolute Gasteiger partial charge is 0.462 e. The normalized spacial score (nSPS) is 12.2. The van der Waals surface area contributed by atoms with Crippen molar-refractivity contribution in [2.75, 3.05) is 13.2 Å². The molecular weight excluding hydrogens is 973 g/mol. The summed E-state index contributed by atoms with van der Waals surface area (Å²) in [4.78, 5) is 38.4. The molecule has 0 fully saturated rings. The third-order valence-corrected chi connectivity index (χ3v) is 16.1. The van der Waals surface area contributed by atoms with E-state index in [4.69, 9.17) is 14.2 Å². The zero-order valence-corrected chi connectivity index (χ0v) is 53.4. The number of carbonyl (C=O) groups is 3. The molecule has 0 N–H and O–H groups in total.